The Morgan fingerprint density at radius 3 is 2.65 bits per heavy atom. The number of hydrogen-bond donors (Lipinski definition) is 1. The monoisotopic (exact) mass is 332 g/mol. The molecule has 3 rings (SSSR count). The first-order chi connectivity index (χ1) is 11.0. The van der Waals surface area contributed by atoms with E-state index in [1.807, 2.05) is 0 Å². The van der Waals surface area contributed by atoms with Crippen LogP contribution in [-0.4, -0.2) is 23.0 Å². The van der Waals surface area contributed by atoms with E-state index in [9.17, 15) is 12.8 Å². The van der Waals surface area contributed by atoms with Crippen LogP contribution in [-0.2, 0) is 10.0 Å². The van der Waals surface area contributed by atoms with Crippen molar-refractivity contribution >= 4 is 15.7 Å². The third-order valence-electron chi connectivity index (χ3n) is 3.22. The highest BCUT2D eigenvalue weighted by Crippen LogP contribution is 2.18. The normalized spacial score (nSPS) is 11.4. The van der Waals surface area contributed by atoms with Gasteiger partial charge in [0.1, 0.15) is 18.0 Å². The van der Waals surface area contributed by atoms with Crippen LogP contribution in [0.3, 0.4) is 0 Å². The molecule has 0 saturated heterocycles. The number of halogens is 1. The molecule has 0 bridgehead atoms. The lowest BCUT2D eigenvalue weighted by Crippen LogP contribution is -2.13. The summed E-state index contributed by atoms with van der Waals surface area (Å²) >= 11 is 0. The van der Waals surface area contributed by atoms with Crippen LogP contribution in [0.25, 0.3) is 5.82 Å². The molecule has 0 unspecified atom stereocenters. The standard InChI is InChI=1S/C15H13FN4O2S/c1-11-2-4-13(8-14(11)16)23(21,22)19-12-3-5-15(18-9-12)20-7-6-17-10-20/h2-10,19H,1H3. The second kappa shape index (κ2) is 5.81. The van der Waals surface area contributed by atoms with Crippen molar-refractivity contribution in [2.75, 3.05) is 4.72 Å². The largest absolute Gasteiger partial charge is 0.291 e. The van der Waals surface area contributed by atoms with E-state index in [1.165, 1.54) is 18.3 Å². The van der Waals surface area contributed by atoms with Crippen LogP contribution in [0, 0.1) is 12.7 Å². The fourth-order valence-corrected chi connectivity index (χ4v) is 3.00. The van der Waals surface area contributed by atoms with Gasteiger partial charge in [-0.2, -0.15) is 0 Å². The highest BCUT2D eigenvalue weighted by Gasteiger charge is 2.16. The summed E-state index contributed by atoms with van der Waals surface area (Å²) in [5, 5.41) is 0. The minimum Gasteiger partial charge on any atom is -0.291 e. The Morgan fingerprint density at radius 2 is 2.04 bits per heavy atom. The summed E-state index contributed by atoms with van der Waals surface area (Å²) in [7, 11) is -3.87. The maximum Gasteiger partial charge on any atom is 0.262 e. The van der Waals surface area contributed by atoms with Crippen molar-refractivity contribution in [3.8, 4) is 5.82 Å². The Bertz CT molecular complexity index is 923. The molecule has 6 nitrogen and oxygen atoms in total. The number of anilines is 1. The van der Waals surface area contributed by atoms with E-state index in [-0.39, 0.29) is 10.6 Å². The number of benzene rings is 1. The SMILES string of the molecule is Cc1ccc(S(=O)(=O)Nc2ccc(-n3ccnc3)nc2)cc1F. The molecule has 1 aromatic carbocycles. The van der Waals surface area contributed by atoms with E-state index in [1.54, 1.807) is 42.3 Å². The molecule has 0 amide bonds. The smallest absolute Gasteiger partial charge is 0.262 e. The molecule has 0 saturated carbocycles. The van der Waals surface area contributed by atoms with Gasteiger partial charge in [-0.25, -0.2) is 22.8 Å². The van der Waals surface area contributed by atoms with Gasteiger partial charge in [-0.05, 0) is 36.8 Å². The van der Waals surface area contributed by atoms with Gasteiger partial charge in [0.15, 0.2) is 0 Å². The molecule has 0 spiro atoms. The summed E-state index contributed by atoms with van der Waals surface area (Å²) in [6.07, 6.45) is 6.31. The second-order valence-corrected chi connectivity index (χ2v) is 6.57. The van der Waals surface area contributed by atoms with E-state index >= 15 is 0 Å². The number of hydrogen-bond acceptors (Lipinski definition) is 4. The van der Waals surface area contributed by atoms with Crippen molar-refractivity contribution in [3.63, 3.8) is 0 Å². The molecular weight excluding hydrogens is 319 g/mol. The van der Waals surface area contributed by atoms with Crippen LogP contribution in [0.15, 0.2) is 60.1 Å². The maximum absolute atomic E-state index is 13.5. The molecule has 0 aliphatic carbocycles. The summed E-state index contributed by atoms with van der Waals surface area (Å²) in [5.41, 5.74) is 0.671. The van der Waals surface area contributed by atoms with Crippen LogP contribution >= 0.6 is 0 Å². The van der Waals surface area contributed by atoms with Gasteiger partial charge in [-0.1, -0.05) is 6.07 Å². The number of aromatic nitrogens is 3. The molecule has 3 aromatic rings. The van der Waals surface area contributed by atoms with Gasteiger partial charge >= 0.3 is 0 Å². The molecule has 0 radical (unpaired) electrons. The highest BCUT2D eigenvalue weighted by atomic mass is 32.2. The first-order valence-electron chi connectivity index (χ1n) is 6.69. The van der Waals surface area contributed by atoms with Crippen molar-refractivity contribution < 1.29 is 12.8 Å². The molecule has 0 aliphatic heterocycles. The third-order valence-corrected chi connectivity index (χ3v) is 4.60. The third kappa shape index (κ3) is 3.21. The summed E-state index contributed by atoms with van der Waals surface area (Å²) in [5.74, 6) is 0.0354. The Morgan fingerprint density at radius 1 is 1.22 bits per heavy atom. The fourth-order valence-electron chi connectivity index (χ4n) is 1.95. The lowest BCUT2D eigenvalue weighted by Gasteiger charge is -2.09. The number of imidazole rings is 1. The summed E-state index contributed by atoms with van der Waals surface area (Å²) in [6, 6.07) is 6.99. The zero-order valence-electron chi connectivity index (χ0n) is 12.1. The van der Waals surface area contributed by atoms with Crippen molar-refractivity contribution in [1.29, 1.82) is 0 Å². The van der Waals surface area contributed by atoms with Crippen LogP contribution in [0.5, 0.6) is 0 Å². The van der Waals surface area contributed by atoms with Crippen LogP contribution in [0.1, 0.15) is 5.56 Å². The first kappa shape index (κ1) is 15.2. The van der Waals surface area contributed by atoms with Gasteiger partial charge in [0.05, 0.1) is 16.8 Å². The lowest BCUT2D eigenvalue weighted by atomic mass is 10.2. The number of sulfonamides is 1. The topological polar surface area (TPSA) is 76.9 Å². The molecule has 2 aromatic heterocycles. The average Bonchev–Trinajstić information content (AvgIpc) is 3.04. The van der Waals surface area contributed by atoms with Crippen LogP contribution in [0.2, 0.25) is 0 Å². The van der Waals surface area contributed by atoms with Gasteiger partial charge in [-0.15, -0.1) is 0 Å². The highest BCUT2D eigenvalue weighted by molar-refractivity contribution is 7.92. The molecular formula is C15H13FN4O2S. The molecule has 118 valence electrons. The van der Waals surface area contributed by atoms with E-state index in [4.69, 9.17) is 0 Å². The van der Waals surface area contributed by atoms with Gasteiger partial charge in [-0.3, -0.25) is 9.29 Å². The Hall–Kier alpha value is -2.74. The Balaban J connectivity index is 1.84. The molecule has 0 atom stereocenters. The predicted molar refractivity (Wildman–Crippen MR) is 83.3 cm³/mol. The first-order valence-corrected chi connectivity index (χ1v) is 8.17. The van der Waals surface area contributed by atoms with Crippen molar-refractivity contribution in [2.45, 2.75) is 11.8 Å². The van der Waals surface area contributed by atoms with Gasteiger partial charge in [0, 0.05) is 12.4 Å². The van der Waals surface area contributed by atoms with E-state index in [2.05, 4.69) is 14.7 Å². The molecule has 23 heavy (non-hydrogen) atoms. The number of nitrogens with zero attached hydrogens (tertiary/aromatic N) is 3. The number of aryl methyl sites for hydroxylation is 1. The molecule has 1 N–H and O–H groups in total. The van der Waals surface area contributed by atoms with Gasteiger partial charge < -0.3 is 0 Å². The van der Waals surface area contributed by atoms with Crippen molar-refractivity contribution in [1.82, 2.24) is 14.5 Å². The second-order valence-electron chi connectivity index (χ2n) is 4.89. The Labute approximate surface area is 132 Å². The number of rotatable bonds is 4. The maximum atomic E-state index is 13.5. The van der Waals surface area contributed by atoms with Crippen LogP contribution < -0.4 is 4.72 Å². The predicted octanol–water partition coefficient (Wildman–Crippen LogP) is 2.52. The zero-order chi connectivity index (χ0) is 16.4. The van der Waals surface area contributed by atoms with Crippen LogP contribution in [0.4, 0.5) is 10.1 Å². The molecule has 8 heteroatoms. The fraction of sp³-hybridized carbons (Fsp3) is 0.0667. The van der Waals surface area contributed by atoms with Crippen molar-refractivity contribution in [3.05, 3.63) is 66.6 Å². The zero-order valence-corrected chi connectivity index (χ0v) is 13.0. The quantitative estimate of drug-likeness (QED) is 0.796. The van der Waals surface area contributed by atoms with E-state index in [0.717, 1.165) is 6.07 Å². The molecule has 2 heterocycles. The average molecular weight is 332 g/mol. The molecule has 0 aliphatic rings. The summed E-state index contributed by atoms with van der Waals surface area (Å²) in [6.45, 7) is 1.57. The minimum atomic E-state index is -3.87. The number of nitrogens with one attached hydrogen (secondary N) is 1. The summed E-state index contributed by atoms with van der Waals surface area (Å²) < 4.78 is 42.1. The van der Waals surface area contributed by atoms with Gasteiger partial charge in [0.2, 0.25) is 0 Å². The molecule has 0 fully saturated rings. The summed E-state index contributed by atoms with van der Waals surface area (Å²) in [4.78, 5) is 7.92. The Kier molecular flexibility index (Phi) is 3.83. The number of pyridine rings is 1. The van der Waals surface area contributed by atoms with Gasteiger partial charge in [0.25, 0.3) is 10.0 Å². The van der Waals surface area contributed by atoms with E-state index in [0.29, 0.717) is 11.4 Å². The lowest BCUT2D eigenvalue weighted by molar-refractivity contribution is 0.593. The van der Waals surface area contributed by atoms with E-state index < -0.39 is 15.8 Å². The minimum absolute atomic E-state index is 0.140. The van der Waals surface area contributed by atoms with Crippen molar-refractivity contribution in [2.24, 2.45) is 0 Å².